The van der Waals surface area contributed by atoms with Gasteiger partial charge in [-0.3, -0.25) is 24.3 Å². The zero-order valence-electron chi connectivity index (χ0n) is 19.3. The van der Waals surface area contributed by atoms with Crippen molar-refractivity contribution in [3.05, 3.63) is 57.0 Å². The minimum atomic E-state index is -0.953. The van der Waals surface area contributed by atoms with E-state index in [-0.39, 0.29) is 24.3 Å². The normalized spacial score (nSPS) is 14.1. The van der Waals surface area contributed by atoms with E-state index in [4.69, 9.17) is 10.5 Å². The molecule has 0 unspecified atom stereocenters. The van der Waals surface area contributed by atoms with Crippen LogP contribution in [-0.4, -0.2) is 66.1 Å². The second-order valence-corrected chi connectivity index (χ2v) is 8.01. The summed E-state index contributed by atoms with van der Waals surface area (Å²) < 4.78 is 9.30. The molecule has 0 saturated carbocycles. The number of amides is 1. The third-order valence-corrected chi connectivity index (χ3v) is 5.75. The molecule has 11 heteroatoms. The summed E-state index contributed by atoms with van der Waals surface area (Å²) in [6, 6.07) is 6.11. The molecule has 1 aromatic heterocycles. The first-order valence-corrected chi connectivity index (χ1v) is 10.9. The van der Waals surface area contributed by atoms with Crippen LogP contribution in [0, 0.1) is 0 Å². The minimum absolute atomic E-state index is 0.0220. The summed E-state index contributed by atoms with van der Waals surface area (Å²) in [5.41, 5.74) is 8.24. The Morgan fingerprint density at radius 2 is 1.94 bits per heavy atom. The summed E-state index contributed by atoms with van der Waals surface area (Å²) in [4.78, 5) is 57.0. The number of carbonyl (C=O) groups excluding carboxylic acids is 3. The third kappa shape index (κ3) is 6.41. The third-order valence-electron chi connectivity index (χ3n) is 5.75. The maximum absolute atomic E-state index is 12.6. The van der Waals surface area contributed by atoms with Crippen molar-refractivity contribution in [1.29, 1.82) is 0 Å². The van der Waals surface area contributed by atoms with Gasteiger partial charge in [0.05, 0.1) is 25.5 Å². The molecule has 2 heterocycles. The van der Waals surface area contributed by atoms with Crippen molar-refractivity contribution in [2.45, 2.75) is 38.3 Å². The molecule has 3 rings (SSSR count). The second-order valence-electron chi connectivity index (χ2n) is 8.01. The molecule has 182 valence electrons. The highest BCUT2D eigenvalue weighted by molar-refractivity contribution is 5.96. The molecule has 0 bridgehead atoms. The van der Waals surface area contributed by atoms with Gasteiger partial charge in [0, 0.05) is 38.0 Å². The number of esters is 2. The monoisotopic (exact) mass is 471 g/mol. The van der Waals surface area contributed by atoms with Gasteiger partial charge in [0.2, 0.25) is 5.95 Å². The van der Waals surface area contributed by atoms with Crippen LogP contribution in [0.5, 0.6) is 0 Å². The van der Waals surface area contributed by atoms with Gasteiger partial charge in [0.1, 0.15) is 6.04 Å². The number of anilines is 1. The molecule has 2 aromatic rings. The fourth-order valence-corrected chi connectivity index (χ4v) is 3.80. The van der Waals surface area contributed by atoms with E-state index in [9.17, 15) is 19.2 Å². The Labute approximate surface area is 196 Å². The van der Waals surface area contributed by atoms with Gasteiger partial charge in [0.25, 0.3) is 11.5 Å². The maximum Gasteiger partial charge on any atom is 0.328 e. The zero-order valence-corrected chi connectivity index (χ0v) is 19.3. The van der Waals surface area contributed by atoms with Crippen LogP contribution in [0.25, 0.3) is 0 Å². The number of ether oxygens (including phenoxy) is 2. The van der Waals surface area contributed by atoms with Crippen molar-refractivity contribution in [2.24, 2.45) is 0 Å². The highest BCUT2D eigenvalue weighted by Crippen LogP contribution is 2.15. The van der Waals surface area contributed by atoms with E-state index in [2.05, 4.69) is 24.9 Å². The number of nitrogen functional groups attached to an aromatic ring is 1. The van der Waals surface area contributed by atoms with Crippen LogP contribution < -0.4 is 16.6 Å². The van der Waals surface area contributed by atoms with Gasteiger partial charge in [-0.05, 0) is 30.5 Å². The molecular formula is C23H29N5O6. The molecule has 0 fully saturated rings. The topological polar surface area (TPSA) is 157 Å². The van der Waals surface area contributed by atoms with E-state index in [1.54, 1.807) is 12.1 Å². The highest BCUT2D eigenvalue weighted by atomic mass is 16.5. The predicted octanol–water partition coefficient (Wildman–Crippen LogP) is 0.178. The Morgan fingerprint density at radius 1 is 1.21 bits per heavy atom. The SMILES string of the molecule is COC(=O)CC[C@H](NC(=O)c1ccc(CCN2CCc3nc(N)[nH]c(=O)c3C2)cc1)C(=O)OC. The standard InChI is InChI=1S/C23H29N5O6/c1-33-19(29)8-7-18(22(32)34-2)25-20(30)15-5-3-14(4-6-15)9-11-28-12-10-17-16(13-28)21(31)27-23(24)26-17/h3-6,18H,7-13H2,1-2H3,(H,25,30)(H3,24,26,27,31)/t18-/m0/s1. The smallest absolute Gasteiger partial charge is 0.328 e. The lowest BCUT2D eigenvalue weighted by atomic mass is 10.0. The summed E-state index contributed by atoms with van der Waals surface area (Å²) in [6.07, 6.45) is 1.46. The summed E-state index contributed by atoms with van der Waals surface area (Å²) in [7, 11) is 2.48. The lowest BCUT2D eigenvalue weighted by Gasteiger charge is -2.27. The van der Waals surface area contributed by atoms with Crippen LogP contribution in [-0.2, 0) is 38.4 Å². The van der Waals surface area contributed by atoms with Crippen LogP contribution in [0.2, 0.25) is 0 Å². The summed E-state index contributed by atoms with van der Waals surface area (Å²) in [6.45, 7) is 2.04. The quantitative estimate of drug-likeness (QED) is 0.434. The lowest BCUT2D eigenvalue weighted by Crippen LogP contribution is -2.41. The van der Waals surface area contributed by atoms with Crippen molar-refractivity contribution in [3.8, 4) is 0 Å². The number of H-pyrrole nitrogens is 1. The predicted molar refractivity (Wildman–Crippen MR) is 123 cm³/mol. The van der Waals surface area contributed by atoms with Crippen molar-refractivity contribution in [3.63, 3.8) is 0 Å². The number of nitrogens with two attached hydrogens (primary N) is 1. The van der Waals surface area contributed by atoms with Gasteiger partial charge < -0.3 is 20.5 Å². The number of fused-ring (bicyclic) bond motifs is 1. The maximum atomic E-state index is 12.6. The van der Waals surface area contributed by atoms with Crippen molar-refractivity contribution >= 4 is 23.8 Å². The molecule has 4 N–H and O–H groups in total. The van der Waals surface area contributed by atoms with Crippen LogP contribution in [0.3, 0.4) is 0 Å². The van der Waals surface area contributed by atoms with Crippen molar-refractivity contribution < 1.29 is 23.9 Å². The average Bonchev–Trinajstić information content (AvgIpc) is 2.84. The van der Waals surface area contributed by atoms with Gasteiger partial charge in [-0.25, -0.2) is 9.78 Å². The fraction of sp³-hybridized carbons (Fsp3) is 0.435. The lowest BCUT2D eigenvalue weighted by molar-refractivity contribution is -0.144. The van der Waals surface area contributed by atoms with E-state index in [1.165, 1.54) is 14.2 Å². The number of nitrogens with one attached hydrogen (secondary N) is 2. The minimum Gasteiger partial charge on any atom is -0.469 e. The molecular weight excluding hydrogens is 442 g/mol. The number of hydrogen-bond donors (Lipinski definition) is 3. The molecule has 1 aliphatic heterocycles. The van der Waals surface area contributed by atoms with Gasteiger partial charge in [-0.1, -0.05) is 12.1 Å². The average molecular weight is 472 g/mol. The molecule has 0 radical (unpaired) electrons. The van der Waals surface area contributed by atoms with Gasteiger partial charge >= 0.3 is 11.9 Å². The molecule has 11 nitrogen and oxygen atoms in total. The molecule has 0 aliphatic carbocycles. The van der Waals surface area contributed by atoms with Crippen molar-refractivity contribution in [1.82, 2.24) is 20.2 Å². The number of hydrogen-bond acceptors (Lipinski definition) is 9. The zero-order chi connectivity index (χ0) is 24.7. The Hall–Kier alpha value is -3.73. The van der Waals surface area contributed by atoms with Crippen LogP contribution >= 0.6 is 0 Å². The largest absolute Gasteiger partial charge is 0.469 e. The Kier molecular flexibility index (Phi) is 8.36. The summed E-state index contributed by atoms with van der Waals surface area (Å²) in [5.74, 6) is -1.41. The van der Waals surface area contributed by atoms with Crippen molar-refractivity contribution in [2.75, 3.05) is 33.0 Å². The van der Waals surface area contributed by atoms with Crippen LogP contribution in [0.4, 0.5) is 5.95 Å². The molecule has 34 heavy (non-hydrogen) atoms. The van der Waals surface area contributed by atoms with Gasteiger partial charge in [-0.2, -0.15) is 0 Å². The van der Waals surface area contributed by atoms with E-state index >= 15 is 0 Å². The Bertz CT molecular complexity index is 1100. The van der Waals surface area contributed by atoms with E-state index in [1.807, 2.05) is 12.1 Å². The first-order chi connectivity index (χ1) is 16.3. The van der Waals surface area contributed by atoms with Gasteiger partial charge in [0.15, 0.2) is 0 Å². The second kappa shape index (κ2) is 11.4. The molecule has 1 amide bonds. The molecule has 0 spiro atoms. The Balaban J connectivity index is 1.55. The first-order valence-electron chi connectivity index (χ1n) is 10.9. The Morgan fingerprint density at radius 3 is 2.62 bits per heavy atom. The van der Waals surface area contributed by atoms with Gasteiger partial charge in [-0.15, -0.1) is 0 Å². The number of rotatable bonds is 9. The number of benzene rings is 1. The number of nitrogens with zero attached hydrogens (tertiary/aromatic N) is 2. The summed E-state index contributed by atoms with van der Waals surface area (Å²) >= 11 is 0. The number of carbonyl (C=O) groups is 3. The molecule has 1 atom stereocenters. The van der Waals surface area contributed by atoms with E-state index in [0.29, 0.717) is 24.1 Å². The van der Waals surface area contributed by atoms with Crippen LogP contribution in [0.15, 0.2) is 29.1 Å². The first kappa shape index (κ1) is 24.9. The number of aromatic nitrogens is 2. The molecule has 1 aromatic carbocycles. The fourth-order valence-electron chi connectivity index (χ4n) is 3.80. The van der Waals surface area contributed by atoms with E-state index < -0.39 is 23.9 Å². The number of aromatic amines is 1. The van der Waals surface area contributed by atoms with Crippen LogP contribution in [0.1, 0.15) is 40.0 Å². The van der Waals surface area contributed by atoms with E-state index in [0.717, 1.165) is 30.8 Å². The number of methoxy groups -OCH3 is 2. The molecule has 1 aliphatic rings. The highest BCUT2D eigenvalue weighted by Gasteiger charge is 2.24. The summed E-state index contributed by atoms with van der Waals surface area (Å²) in [5, 5.41) is 2.61. The molecule has 0 saturated heterocycles.